The first-order valence-electron chi connectivity index (χ1n) is 7.16. The van der Waals surface area contributed by atoms with E-state index in [2.05, 4.69) is 5.10 Å². The van der Waals surface area contributed by atoms with Crippen LogP contribution in [-0.4, -0.2) is 26.6 Å². The van der Waals surface area contributed by atoms with Crippen molar-refractivity contribution < 1.29 is 19.1 Å². The molecule has 1 aromatic heterocycles. The molecule has 0 saturated heterocycles. The quantitative estimate of drug-likeness (QED) is 0.745. The van der Waals surface area contributed by atoms with Crippen molar-refractivity contribution in [1.29, 1.82) is 0 Å². The molecule has 0 aliphatic rings. The zero-order chi connectivity index (χ0) is 17.3. The zero-order valence-electron chi connectivity index (χ0n) is 12.7. The molecular formula is C18H13FN2O3. The normalized spacial score (nSPS) is 10.6. The van der Waals surface area contributed by atoms with E-state index in [0.717, 1.165) is 0 Å². The molecule has 1 heterocycles. The number of hydrogen-bond donors (Lipinski definition) is 1. The van der Waals surface area contributed by atoms with Crippen LogP contribution in [0.4, 0.5) is 4.39 Å². The summed E-state index contributed by atoms with van der Waals surface area (Å²) in [4.78, 5) is 22.6. The lowest BCUT2D eigenvalue weighted by atomic mass is 10.1. The van der Waals surface area contributed by atoms with Gasteiger partial charge in [0.05, 0.1) is 11.4 Å². The average molecular weight is 324 g/mol. The first-order valence-corrected chi connectivity index (χ1v) is 7.16. The van der Waals surface area contributed by atoms with Gasteiger partial charge in [-0.3, -0.25) is 4.79 Å². The van der Waals surface area contributed by atoms with Crippen molar-refractivity contribution in [3.05, 3.63) is 71.7 Å². The summed E-state index contributed by atoms with van der Waals surface area (Å²) in [5.41, 5.74) is 2.21. The third kappa shape index (κ3) is 2.94. The first kappa shape index (κ1) is 15.6. The Labute approximate surface area is 137 Å². The van der Waals surface area contributed by atoms with Gasteiger partial charge in [0.15, 0.2) is 11.5 Å². The van der Waals surface area contributed by atoms with E-state index >= 15 is 0 Å². The molecule has 0 aliphatic heterocycles. The van der Waals surface area contributed by atoms with Gasteiger partial charge in [-0.2, -0.15) is 5.10 Å². The number of Topliss-reactive ketones (excluding diaryl/α,β-unsaturated/α-hetero) is 1. The summed E-state index contributed by atoms with van der Waals surface area (Å²) in [7, 11) is 0. The van der Waals surface area contributed by atoms with Gasteiger partial charge in [-0.15, -0.1) is 0 Å². The molecule has 0 fully saturated rings. The molecule has 3 rings (SSSR count). The summed E-state index contributed by atoms with van der Waals surface area (Å²) in [5, 5.41) is 13.3. The molecule has 0 amide bonds. The van der Waals surface area contributed by atoms with Crippen molar-refractivity contribution >= 4 is 11.8 Å². The SMILES string of the molecule is CC(=O)c1ccc(-c2cc(C(=O)O)nn2-c2ccc(F)cc2)cc1. The Balaban J connectivity index is 2.13. The van der Waals surface area contributed by atoms with Crippen LogP contribution in [-0.2, 0) is 0 Å². The summed E-state index contributed by atoms with van der Waals surface area (Å²) < 4.78 is 14.6. The number of nitrogens with zero attached hydrogens (tertiary/aromatic N) is 2. The number of halogens is 1. The van der Waals surface area contributed by atoms with E-state index in [1.54, 1.807) is 24.3 Å². The van der Waals surface area contributed by atoms with Crippen LogP contribution in [0.1, 0.15) is 27.8 Å². The summed E-state index contributed by atoms with van der Waals surface area (Å²) in [5.74, 6) is -1.60. The van der Waals surface area contributed by atoms with Gasteiger partial charge in [0.2, 0.25) is 0 Å². The molecule has 24 heavy (non-hydrogen) atoms. The Morgan fingerprint density at radius 3 is 2.21 bits per heavy atom. The van der Waals surface area contributed by atoms with Crippen LogP contribution in [0.5, 0.6) is 0 Å². The lowest BCUT2D eigenvalue weighted by Gasteiger charge is -2.08. The van der Waals surface area contributed by atoms with Gasteiger partial charge in [-0.1, -0.05) is 24.3 Å². The highest BCUT2D eigenvalue weighted by Gasteiger charge is 2.16. The van der Waals surface area contributed by atoms with E-state index in [0.29, 0.717) is 22.5 Å². The maximum absolute atomic E-state index is 13.1. The number of carbonyl (C=O) groups is 2. The highest BCUT2D eigenvalue weighted by atomic mass is 19.1. The van der Waals surface area contributed by atoms with Crippen molar-refractivity contribution in [2.75, 3.05) is 0 Å². The van der Waals surface area contributed by atoms with Crippen LogP contribution < -0.4 is 0 Å². The largest absolute Gasteiger partial charge is 0.476 e. The van der Waals surface area contributed by atoms with Gasteiger partial charge in [0.1, 0.15) is 5.82 Å². The number of aromatic nitrogens is 2. The van der Waals surface area contributed by atoms with E-state index in [-0.39, 0.29) is 11.5 Å². The van der Waals surface area contributed by atoms with Crippen LogP contribution in [0, 0.1) is 5.82 Å². The molecule has 6 heteroatoms. The smallest absolute Gasteiger partial charge is 0.356 e. The summed E-state index contributed by atoms with van der Waals surface area (Å²) in [6.07, 6.45) is 0. The molecule has 5 nitrogen and oxygen atoms in total. The Bertz CT molecular complexity index is 912. The average Bonchev–Trinajstić information content (AvgIpc) is 3.01. The number of aromatic carboxylic acids is 1. The summed E-state index contributed by atoms with van der Waals surface area (Å²) in [6.45, 7) is 1.47. The standard InChI is InChI=1S/C18H13FN2O3/c1-11(22)12-2-4-13(5-3-12)17-10-16(18(23)24)20-21(17)15-8-6-14(19)7-9-15/h2-10H,1H3,(H,23,24). The third-order valence-electron chi connectivity index (χ3n) is 3.59. The first-order chi connectivity index (χ1) is 11.5. The Morgan fingerprint density at radius 1 is 1.04 bits per heavy atom. The van der Waals surface area contributed by atoms with Gasteiger partial charge < -0.3 is 5.11 Å². The van der Waals surface area contributed by atoms with E-state index < -0.39 is 11.8 Å². The predicted octanol–water partition coefficient (Wildman–Crippen LogP) is 3.58. The monoisotopic (exact) mass is 324 g/mol. The van der Waals surface area contributed by atoms with Gasteiger partial charge in [0, 0.05) is 11.1 Å². The second-order valence-corrected chi connectivity index (χ2v) is 5.24. The number of carboxylic acid groups (broad SMARTS) is 1. The van der Waals surface area contributed by atoms with Gasteiger partial charge in [-0.25, -0.2) is 13.9 Å². The number of carboxylic acids is 1. The molecule has 0 bridgehead atoms. The maximum Gasteiger partial charge on any atom is 0.356 e. The number of hydrogen-bond acceptors (Lipinski definition) is 3. The fourth-order valence-electron chi connectivity index (χ4n) is 2.35. The van der Waals surface area contributed by atoms with Crippen LogP contribution in [0.2, 0.25) is 0 Å². The topological polar surface area (TPSA) is 72.2 Å². The minimum absolute atomic E-state index is 0.0557. The lowest BCUT2D eigenvalue weighted by Crippen LogP contribution is -2.02. The van der Waals surface area contributed by atoms with E-state index in [1.807, 2.05) is 0 Å². The van der Waals surface area contributed by atoms with Crippen LogP contribution in [0.25, 0.3) is 16.9 Å². The zero-order valence-corrected chi connectivity index (χ0v) is 12.7. The lowest BCUT2D eigenvalue weighted by molar-refractivity contribution is 0.0689. The minimum Gasteiger partial charge on any atom is -0.476 e. The molecule has 120 valence electrons. The Kier molecular flexibility index (Phi) is 3.95. The predicted molar refractivity (Wildman–Crippen MR) is 85.9 cm³/mol. The van der Waals surface area contributed by atoms with E-state index in [4.69, 9.17) is 0 Å². The van der Waals surface area contributed by atoms with Crippen molar-refractivity contribution in [3.63, 3.8) is 0 Å². The molecule has 2 aromatic carbocycles. The molecule has 1 N–H and O–H groups in total. The van der Waals surface area contributed by atoms with E-state index in [1.165, 1.54) is 41.9 Å². The van der Waals surface area contributed by atoms with Crippen LogP contribution in [0.15, 0.2) is 54.6 Å². The molecular weight excluding hydrogens is 311 g/mol. The fraction of sp³-hybridized carbons (Fsp3) is 0.0556. The maximum atomic E-state index is 13.1. The number of carbonyl (C=O) groups excluding carboxylic acids is 1. The van der Waals surface area contributed by atoms with Crippen molar-refractivity contribution in [3.8, 4) is 16.9 Å². The third-order valence-corrected chi connectivity index (χ3v) is 3.59. The summed E-state index contributed by atoms with van der Waals surface area (Å²) >= 11 is 0. The minimum atomic E-state index is -1.16. The molecule has 3 aromatic rings. The Morgan fingerprint density at radius 2 is 1.67 bits per heavy atom. The molecule has 0 aliphatic carbocycles. The molecule has 0 atom stereocenters. The highest BCUT2D eigenvalue weighted by Crippen LogP contribution is 2.25. The molecule has 0 spiro atoms. The van der Waals surface area contributed by atoms with Crippen molar-refractivity contribution in [2.45, 2.75) is 6.92 Å². The van der Waals surface area contributed by atoms with Crippen molar-refractivity contribution in [2.24, 2.45) is 0 Å². The molecule has 0 radical (unpaired) electrons. The van der Waals surface area contributed by atoms with Gasteiger partial charge in [0.25, 0.3) is 0 Å². The molecule has 0 saturated carbocycles. The van der Waals surface area contributed by atoms with Gasteiger partial charge >= 0.3 is 5.97 Å². The molecule has 0 unspecified atom stereocenters. The van der Waals surface area contributed by atoms with Crippen LogP contribution >= 0.6 is 0 Å². The highest BCUT2D eigenvalue weighted by molar-refractivity contribution is 5.94. The number of rotatable bonds is 4. The van der Waals surface area contributed by atoms with E-state index in [9.17, 15) is 19.1 Å². The van der Waals surface area contributed by atoms with Crippen LogP contribution in [0.3, 0.4) is 0 Å². The number of ketones is 1. The Hall–Kier alpha value is -3.28. The second kappa shape index (κ2) is 6.08. The fourth-order valence-corrected chi connectivity index (χ4v) is 2.35. The second-order valence-electron chi connectivity index (χ2n) is 5.24. The van der Waals surface area contributed by atoms with Gasteiger partial charge in [-0.05, 0) is 37.3 Å². The van der Waals surface area contributed by atoms with Crippen molar-refractivity contribution in [1.82, 2.24) is 9.78 Å². The number of benzene rings is 2. The summed E-state index contributed by atoms with van der Waals surface area (Å²) in [6, 6.07) is 13.8.